The summed E-state index contributed by atoms with van der Waals surface area (Å²) in [6.07, 6.45) is 0. The Balaban J connectivity index is 2.68. The van der Waals surface area contributed by atoms with Gasteiger partial charge in [-0.05, 0) is 26.0 Å². The van der Waals surface area contributed by atoms with Gasteiger partial charge in [-0.25, -0.2) is 8.42 Å². The van der Waals surface area contributed by atoms with Crippen LogP contribution in [0.15, 0.2) is 24.3 Å². The molecule has 1 aromatic carbocycles. The fourth-order valence-corrected chi connectivity index (χ4v) is 2.38. The van der Waals surface area contributed by atoms with Gasteiger partial charge in [-0.2, -0.15) is 0 Å². The van der Waals surface area contributed by atoms with Gasteiger partial charge in [-0.3, -0.25) is 4.79 Å². The third-order valence-electron chi connectivity index (χ3n) is 2.75. The highest BCUT2D eigenvalue weighted by atomic mass is 32.2. The minimum absolute atomic E-state index is 0.0327. The van der Waals surface area contributed by atoms with Gasteiger partial charge in [0.1, 0.15) is 0 Å². The second kappa shape index (κ2) is 7.28. The third kappa shape index (κ3) is 5.21. The van der Waals surface area contributed by atoms with E-state index in [0.29, 0.717) is 5.56 Å². The molecule has 0 radical (unpaired) electrons. The van der Waals surface area contributed by atoms with Gasteiger partial charge in [0.15, 0.2) is 9.84 Å². The molecule has 0 atom stereocenters. The summed E-state index contributed by atoms with van der Waals surface area (Å²) in [6, 6.07) is 7.39. The maximum absolute atomic E-state index is 12.1. The van der Waals surface area contributed by atoms with Crippen molar-refractivity contribution in [3.63, 3.8) is 0 Å². The Hall–Kier alpha value is -1.56. The molecule has 1 amide bonds. The predicted octanol–water partition coefficient (Wildman–Crippen LogP) is 1.67. The van der Waals surface area contributed by atoms with Gasteiger partial charge in [-0.15, -0.1) is 0 Å². The summed E-state index contributed by atoms with van der Waals surface area (Å²) in [7, 11) is -3.06. The van der Waals surface area contributed by atoms with Gasteiger partial charge in [0.05, 0.1) is 11.3 Å². The number of hydrogen-bond acceptors (Lipinski definition) is 4. The SMILES string of the molecule is CCS(=O)(=O)CCNC(=O)c1ccccc1NC(C)C. The van der Waals surface area contributed by atoms with Crippen LogP contribution in [0.25, 0.3) is 0 Å². The molecule has 0 spiro atoms. The molecule has 0 bridgehead atoms. The molecule has 0 aliphatic heterocycles. The van der Waals surface area contributed by atoms with E-state index >= 15 is 0 Å². The second-order valence-electron chi connectivity index (χ2n) is 4.84. The minimum atomic E-state index is -3.06. The zero-order valence-corrected chi connectivity index (χ0v) is 13.0. The Morgan fingerprint density at radius 3 is 2.50 bits per heavy atom. The Morgan fingerprint density at radius 2 is 1.90 bits per heavy atom. The number of rotatable bonds is 7. The maximum Gasteiger partial charge on any atom is 0.253 e. The van der Waals surface area contributed by atoms with Crippen molar-refractivity contribution in [1.29, 1.82) is 0 Å². The summed E-state index contributed by atoms with van der Waals surface area (Å²) < 4.78 is 22.7. The highest BCUT2D eigenvalue weighted by Gasteiger charge is 2.13. The van der Waals surface area contributed by atoms with E-state index in [0.717, 1.165) is 5.69 Å². The van der Waals surface area contributed by atoms with Gasteiger partial charge in [-0.1, -0.05) is 19.1 Å². The first-order chi connectivity index (χ1) is 9.35. The summed E-state index contributed by atoms with van der Waals surface area (Å²) in [4.78, 5) is 12.1. The fraction of sp³-hybridized carbons (Fsp3) is 0.500. The third-order valence-corrected chi connectivity index (χ3v) is 4.46. The van der Waals surface area contributed by atoms with Crippen LogP contribution < -0.4 is 10.6 Å². The van der Waals surface area contributed by atoms with E-state index in [4.69, 9.17) is 0 Å². The molecule has 6 heteroatoms. The topological polar surface area (TPSA) is 75.3 Å². The van der Waals surface area contributed by atoms with Gasteiger partial charge in [0, 0.05) is 24.0 Å². The van der Waals surface area contributed by atoms with Crippen molar-refractivity contribution in [1.82, 2.24) is 5.32 Å². The number of amides is 1. The largest absolute Gasteiger partial charge is 0.382 e. The molecule has 0 unspecified atom stereocenters. The maximum atomic E-state index is 12.1. The van der Waals surface area contributed by atoms with Crippen molar-refractivity contribution in [3.05, 3.63) is 29.8 Å². The van der Waals surface area contributed by atoms with E-state index in [2.05, 4.69) is 10.6 Å². The standard InChI is InChI=1S/C14H22N2O3S/c1-4-20(18,19)10-9-15-14(17)12-7-5-6-8-13(12)16-11(2)3/h5-8,11,16H,4,9-10H2,1-3H3,(H,15,17). The normalized spacial score (nSPS) is 11.4. The Morgan fingerprint density at radius 1 is 1.25 bits per heavy atom. The summed E-state index contributed by atoms with van der Waals surface area (Å²) >= 11 is 0. The quantitative estimate of drug-likeness (QED) is 0.803. The van der Waals surface area contributed by atoms with E-state index in [-0.39, 0.29) is 30.0 Å². The number of para-hydroxylation sites is 1. The molecule has 20 heavy (non-hydrogen) atoms. The van der Waals surface area contributed by atoms with Crippen LogP contribution in [0.1, 0.15) is 31.1 Å². The first-order valence-electron chi connectivity index (χ1n) is 6.70. The molecule has 0 saturated heterocycles. The lowest BCUT2D eigenvalue weighted by molar-refractivity contribution is 0.0957. The van der Waals surface area contributed by atoms with Crippen molar-refractivity contribution >= 4 is 21.4 Å². The number of carbonyl (C=O) groups is 1. The highest BCUT2D eigenvalue weighted by Crippen LogP contribution is 2.15. The zero-order chi connectivity index (χ0) is 15.2. The molecular formula is C14H22N2O3S. The van der Waals surface area contributed by atoms with Crippen LogP contribution in [0.4, 0.5) is 5.69 Å². The average molecular weight is 298 g/mol. The molecule has 2 N–H and O–H groups in total. The summed E-state index contributed by atoms with van der Waals surface area (Å²) in [6.45, 7) is 5.70. The lowest BCUT2D eigenvalue weighted by atomic mass is 10.1. The number of nitrogens with one attached hydrogen (secondary N) is 2. The van der Waals surface area contributed by atoms with Crippen molar-refractivity contribution < 1.29 is 13.2 Å². The molecule has 0 aromatic heterocycles. The monoisotopic (exact) mass is 298 g/mol. The van der Waals surface area contributed by atoms with E-state index < -0.39 is 9.84 Å². The predicted molar refractivity (Wildman–Crippen MR) is 81.9 cm³/mol. The van der Waals surface area contributed by atoms with Crippen molar-refractivity contribution in [3.8, 4) is 0 Å². The minimum Gasteiger partial charge on any atom is -0.382 e. The van der Waals surface area contributed by atoms with Crippen LogP contribution in [-0.2, 0) is 9.84 Å². The summed E-state index contributed by atoms with van der Waals surface area (Å²) in [5, 5.41) is 5.84. The molecule has 0 aliphatic carbocycles. The smallest absolute Gasteiger partial charge is 0.253 e. The second-order valence-corrected chi connectivity index (χ2v) is 7.31. The van der Waals surface area contributed by atoms with Gasteiger partial charge < -0.3 is 10.6 Å². The Bertz CT molecular complexity index is 553. The van der Waals surface area contributed by atoms with Gasteiger partial charge in [0.25, 0.3) is 5.91 Å². The first kappa shape index (κ1) is 16.5. The average Bonchev–Trinajstić information content (AvgIpc) is 2.38. The van der Waals surface area contributed by atoms with Crippen LogP contribution in [0.3, 0.4) is 0 Å². The first-order valence-corrected chi connectivity index (χ1v) is 8.52. The van der Waals surface area contributed by atoms with E-state index in [1.165, 1.54) is 0 Å². The molecule has 5 nitrogen and oxygen atoms in total. The zero-order valence-electron chi connectivity index (χ0n) is 12.1. The number of anilines is 1. The molecule has 1 aromatic rings. The van der Waals surface area contributed by atoms with Crippen molar-refractivity contribution in [2.45, 2.75) is 26.8 Å². The highest BCUT2D eigenvalue weighted by molar-refractivity contribution is 7.91. The Kier molecular flexibility index (Phi) is 6.01. The number of sulfone groups is 1. The van der Waals surface area contributed by atoms with Crippen molar-refractivity contribution in [2.24, 2.45) is 0 Å². The molecular weight excluding hydrogens is 276 g/mol. The molecule has 0 fully saturated rings. The number of hydrogen-bond donors (Lipinski definition) is 2. The molecule has 0 heterocycles. The van der Waals surface area contributed by atoms with Crippen LogP contribution in [-0.4, -0.2) is 38.4 Å². The van der Waals surface area contributed by atoms with Crippen LogP contribution in [0.2, 0.25) is 0 Å². The summed E-state index contributed by atoms with van der Waals surface area (Å²) in [5.41, 5.74) is 1.27. The van der Waals surface area contributed by atoms with Gasteiger partial charge >= 0.3 is 0 Å². The number of carbonyl (C=O) groups excluding carboxylic acids is 1. The lowest BCUT2D eigenvalue weighted by Crippen LogP contribution is -2.30. The summed E-state index contributed by atoms with van der Waals surface area (Å²) in [5.74, 6) is -0.205. The van der Waals surface area contributed by atoms with Crippen LogP contribution in [0, 0.1) is 0 Å². The van der Waals surface area contributed by atoms with E-state index in [9.17, 15) is 13.2 Å². The number of benzene rings is 1. The molecule has 0 aliphatic rings. The molecule has 0 saturated carbocycles. The van der Waals surface area contributed by atoms with Crippen molar-refractivity contribution in [2.75, 3.05) is 23.4 Å². The fourth-order valence-electron chi connectivity index (χ4n) is 1.68. The molecule has 112 valence electrons. The van der Waals surface area contributed by atoms with Crippen LogP contribution in [0.5, 0.6) is 0 Å². The van der Waals surface area contributed by atoms with Crippen LogP contribution >= 0.6 is 0 Å². The van der Waals surface area contributed by atoms with E-state index in [1.807, 2.05) is 26.0 Å². The molecule has 1 rings (SSSR count). The lowest BCUT2D eigenvalue weighted by Gasteiger charge is -2.14. The van der Waals surface area contributed by atoms with Gasteiger partial charge in [0.2, 0.25) is 0 Å². The Labute approximate surface area is 120 Å². The van der Waals surface area contributed by atoms with E-state index in [1.54, 1.807) is 19.1 Å².